The van der Waals surface area contributed by atoms with Gasteiger partial charge in [0.1, 0.15) is 0 Å². The van der Waals surface area contributed by atoms with E-state index in [1.807, 2.05) is 0 Å². The Kier molecular flexibility index (Phi) is 4.00. The molecule has 0 amide bonds. The molecule has 0 radical (unpaired) electrons. The molecule has 0 saturated heterocycles. The highest BCUT2D eigenvalue weighted by Crippen LogP contribution is 2.28. The second-order valence-electron chi connectivity index (χ2n) is 3.62. The number of nitro benzene ring substituents is 1. The average molecular weight is 285 g/mol. The molecule has 0 saturated carbocycles. The molecule has 2 rings (SSSR count). The fraction of sp³-hybridized carbons (Fsp3) is 0.182. The van der Waals surface area contributed by atoms with Crippen LogP contribution in [0.4, 0.5) is 20.2 Å². The molecule has 0 aliphatic rings. The molecule has 0 aliphatic heterocycles. The van der Waals surface area contributed by atoms with Crippen LogP contribution in [0.25, 0.3) is 0 Å². The predicted octanol–water partition coefficient (Wildman–Crippen LogP) is 2.98. The van der Waals surface area contributed by atoms with Crippen LogP contribution in [0.3, 0.4) is 0 Å². The van der Waals surface area contributed by atoms with E-state index in [9.17, 15) is 18.9 Å². The molecular formula is C11H9F2N3O2S. The maximum atomic E-state index is 13.5. The highest BCUT2D eigenvalue weighted by molar-refractivity contribution is 7.09. The average Bonchev–Trinajstić information content (AvgIpc) is 2.87. The zero-order valence-corrected chi connectivity index (χ0v) is 10.4. The van der Waals surface area contributed by atoms with Gasteiger partial charge < -0.3 is 5.32 Å². The second-order valence-corrected chi connectivity index (χ2v) is 4.59. The van der Waals surface area contributed by atoms with Crippen LogP contribution in [-0.2, 0) is 6.42 Å². The van der Waals surface area contributed by atoms with E-state index in [1.165, 1.54) is 11.3 Å². The van der Waals surface area contributed by atoms with Crippen molar-refractivity contribution in [1.82, 2.24) is 4.98 Å². The molecule has 0 spiro atoms. The Labute approximate surface area is 111 Å². The molecule has 0 bridgehead atoms. The number of thiazole rings is 1. The van der Waals surface area contributed by atoms with Crippen molar-refractivity contribution in [2.24, 2.45) is 0 Å². The van der Waals surface area contributed by atoms with Gasteiger partial charge in [0.25, 0.3) is 5.69 Å². The standard InChI is InChI=1S/C11H9F2N3O2S/c12-7-1-2-8(16(17)18)11(10(7)13)15-4-3-9-14-5-6-19-9/h1-2,5-6,15H,3-4H2. The highest BCUT2D eigenvalue weighted by atomic mass is 32.1. The summed E-state index contributed by atoms with van der Waals surface area (Å²) in [6, 6.07) is 1.67. The van der Waals surface area contributed by atoms with E-state index in [2.05, 4.69) is 10.3 Å². The lowest BCUT2D eigenvalue weighted by atomic mass is 10.2. The minimum absolute atomic E-state index is 0.231. The second kappa shape index (κ2) is 5.70. The first-order valence-corrected chi connectivity index (χ1v) is 6.22. The summed E-state index contributed by atoms with van der Waals surface area (Å²) in [5, 5.41) is 15.9. The van der Waals surface area contributed by atoms with E-state index >= 15 is 0 Å². The van der Waals surface area contributed by atoms with Crippen LogP contribution in [0.2, 0.25) is 0 Å². The molecule has 0 fully saturated rings. The third-order valence-corrected chi connectivity index (χ3v) is 3.23. The van der Waals surface area contributed by atoms with Crippen molar-refractivity contribution in [3.63, 3.8) is 0 Å². The summed E-state index contributed by atoms with van der Waals surface area (Å²) in [6.07, 6.45) is 2.11. The van der Waals surface area contributed by atoms with Gasteiger partial charge in [-0.05, 0) is 6.07 Å². The first-order chi connectivity index (χ1) is 9.09. The van der Waals surface area contributed by atoms with Crippen LogP contribution in [0.5, 0.6) is 0 Å². The molecule has 0 unspecified atom stereocenters. The van der Waals surface area contributed by atoms with Gasteiger partial charge in [0.05, 0.1) is 9.93 Å². The van der Waals surface area contributed by atoms with E-state index in [4.69, 9.17) is 0 Å². The lowest BCUT2D eigenvalue weighted by molar-refractivity contribution is -0.384. The number of hydrogen-bond donors (Lipinski definition) is 1. The van der Waals surface area contributed by atoms with Gasteiger partial charge >= 0.3 is 0 Å². The van der Waals surface area contributed by atoms with Crippen LogP contribution in [0, 0.1) is 21.7 Å². The van der Waals surface area contributed by atoms with Crippen LogP contribution < -0.4 is 5.32 Å². The van der Waals surface area contributed by atoms with Gasteiger partial charge in [-0.25, -0.2) is 13.8 Å². The number of nitro groups is 1. The summed E-state index contributed by atoms with van der Waals surface area (Å²) in [5.74, 6) is -2.37. The Morgan fingerprint density at radius 3 is 2.84 bits per heavy atom. The number of anilines is 1. The van der Waals surface area contributed by atoms with Gasteiger partial charge in [0.2, 0.25) is 0 Å². The number of halogens is 2. The topological polar surface area (TPSA) is 68.1 Å². The van der Waals surface area contributed by atoms with Crippen LogP contribution in [0.15, 0.2) is 23.7 Å². The van der Waals surface area contributed by atoms with E-state index in [0.717, 1.165) is 17.1 Å². The summed E-state index contributed by atoms with van der Waals surface area (Å²) >= 11 is 1.42. The Morgan fingerprint density at radius 2 is 2.21 bits per heavy atom. The summed E-state index contributed by atoms with van der Waals surface area (Å²) in [4.78, 5) is 14.0. The fourth-order valence-corrected chi connectivity index (χ4v) is 2.15. The molecule has 0 aliphatic carbocycles. The number of nitrogens with zero attached hydrogens (tertiary/aromatic N) is 2. The van der Waals surface area contributed by atoms with Crippen molar-refractivity contribution in [3.05, 3.63) is 50.5 Å². The minimum atomic E-state index is -1.24. The van der Waals surface area contributed by atoms with E-state index in [-0.39, 0.29) is 6.54 Å². The maximum Gasteiger partial charge on any atom is 0.295 e. The van der Waals surface area contributed by atoms with Gasteiger partial charge in [0, 0.05) is 30.6 Å². The number of hydrogen-bond acceptors (Lipinski definition) is 5. The zero-order chi connectivity index (χ0) is 13.8. The van der Waals surface area contributed by atoms with Gasteiger partial charge in [-0.3, -0.25) is 10.1 Å². The Hall–Kier alpha value is -2.09. The van der Waals surface area contributed by atoms with Crippen LogP contribution in [-0.4, -0.2) is 16.5 Å². The largest absolute Gasteiger partial charge is 0.377 e. The van der Waals surface area contributed by atoms with Crippen molar-refractivity contribution in [1.29, 1.82) is 0 Å². The normalized spacial score (nSPS) is 10.4. The van der Waals surface area contributed by atoms with Crippen molar-refractivity contribution >= 4 is 22.7 Å². The molecule has 1 aromatic carbocycles. The Bertz CT molecular complexity index is 590. The molecule has 2 aromatic rings. The first-order valence-electron chi connectivity index (χ1n) is 5.34. The Morgan fingerprint density at radius 1 is 1.42 bits per heavy atom. The molecule has 0 atom stereocenters. The molecule has 5 nitrogen and oxygen atoms in total. The van der Waals surface area contributed by atoms with Crippen molar-refractivity contribution < 1.29 is 13.7 Å². The number of aromatic nitrogens is 1. The van der Waals surface area contributed by atoms with Crippen molar-refractivity contribution in [2.75, 3.05) is 11.9 Å². The summed E-state index contributed by atoms with van der Waals surface area (Å²) in [7, 11) is 0. The lowest BCUT2D eigenvalue weighted by Crippen LogP contribution is -2.09. The van der Waals surface area contributed by atoms with Crippen LogP contribution >= 0.6 is 11.3 Å². The smallest absolute Gasteiger partial charge is 0.295 e. The monoisotopic (exact) mass is 285 g/mol. The summed E-state index contributed by atoms with van der Waals surface area (Å²) < 4.78 is 26.6. The minimum Gasteiger partial charge on any atom is -0.377 e. The van der Waals surface area contributed by atoms with E-state index in [0.29, 0.717) is 6.42 Å². The first kappa shape index (κ1) is 13.3. The van der Waals surface area contributed by atoms with E-state index in [1.54, 1.807) is 11.6 Å². The third kappa shape index (κ3) is 3.02. The Balaban J connectivity index is 2.14. The molecule has 1 aromatic heterocycles. The van der Waals surface area contributed by atoms with Crippen molar-refractivity contribution in [3.8, 4) is 0 Å². The van der Waals surface area contributed by atoms with Gasteiger partial charge in [-0.15, -0.1) is 11.3 Å². The number of rotatable bonds is 5. The fourth-order valence-electron chi connectivity index (χ4n) is 1.53. The SMILES string of the molecule is O=[N+]([O-])c1ccc(F)c(F)c1NCCc1nccs1. The van der Waals surface area contributed by atoms with Crippen LogP contribution in [0.1, 0.15) is 5.01 Å². The molecule has 19 heavy (non-hydrogen) atoms. The quantitative estimate of drug-likeness (QED) is 0.677. The summed E-state index contributed by atoms with van der Waals surface area (Å²) in [5.41, 5.74) is -0.917. The summed E-state index contributed by atoms with van der Waals surface area (Å²) in [6.45, 7) is 0.231. The van der Waals surface area contributed by atoms with E-state index < -0.39 is 27.9 Å². The maximum absolute atomic E-state index is 13.5. The zero-order valence-electron chi connectivity index (χ0n) is 9.60. The van der Waals surface area contributed by atoms with Gasteiger partial charge in [0.15, 0.2) is 17.3 Å². The third-order valence-electron chi connectivity index (χ3n) is 2.39. The molecule has 8 heteroatoms. The lowest BCUT2D eigenvalue weighted by Gasteiger charge is -2.07. The number of nitrogens with one attached hydrogen (secondary N) is 1. The predicted molar refractivity (Wildman–Crippen MR) is 67.3 cm³/mol. The molecule has 1 heterocycles. The molecule has 1 N–H and O–H groups in total. The van der Waals surface area contributed by atoms with Gasteiger partial charge in [-0.2, -0.15) is 0 Å². The van der Waals surface area contributed by atoms with Crippen molar-refractivity contribution in [2.45, 2.75) is 6.42 Å². The van der Waals surface area contributed by atoms with Gasteiger partial charge in [-0.1, -0.05) is 0 Å². The molecule has 100 valence electrons. The highest BCUT2D eigenvalue weighted by Gasteiger charge is 2.21. The number of benzene rings is 1. The molecular weight excluding hydrogens is 276 g/mol.